The molecule has 0 spiro atoms. The molecular formula is C26H24F3NO3S. The molecule has 0 bridgehead atoms. The number of carboxylic acids is 1. The van der Waals surface area contributed by atoms with Crippen molar-refractivity contribution in [2.45, 2.75) is 51.6 Å². The molecule has 4 nitrogen and oxygen atoms in total. The predicted octanol–water partition coefficient (Wildman–Crippen LogP) is 6.57. The molecule has 1 heterocycles. The average Bonchev–Trinajstić information content (AvgIpc) is 3.41. The molecule has 1 N–H and O–H groups in total. The van der Waals surface area contributed by atoms with Gasteiger partial charge in [0.25, 0.3) is 0 Å². The summed E-state index contributed by atoms with van der Waals surface area (Å²) < 4.78 is 38.6. The molecule has 8 heteroatoms. The van der Waals surface area contributed by atoms with E-state index in [0.717, 1.165) is 33.8 Å². The number of aromatic nitrogens is 1. The smallest absolute Gasteiger partial charge is 0.416 e. The van der Waals surface area contributed by atoms with Gasteiger partial charge in [0.2, 0.25) is 0 Å². The van der Waals surface area contributed by atoms with Crippen molar-refractivity contribution >= 4 is 23.1 Å². The number of aliphatic carboxylic acids is 1. The van der Waals surface area contributed by atoms with Crippen molar-refractivity contribution in [3.8, 4) is 10.6 Å². The second kappa shape index (κ2) is 9.33. The zero-order valence-electron chi connectivity index (χ0n) is 18.8. The fourth-order valence-electron chi connectivity index (χ4n) is 4.37. The third-order valence-corrected chi connectivity index (χ3v) is 7.33. The van der Waals surface area contributed by atoms with Gasteiger partial charge < -0.3 is 5.11 Å². The summed E-state index contributed by atoms with van der Waals surface area (Å²) in [6, 6.07) is 10.4. The number of aryl methyl sites for hydroxylation is 1. The van der Waals surface area contributed by atoms with Crippen molar-refractivity contribution in [3.05, 3.63) is 75.3 Å². The number of halogens is 3. The lowest BCUT2D eigenvalue weighted by Crippen LogP contribution is -2.13. The summed E-state index contributed by atoms with van der Waals surface area (Å²) in [7, 11) is 0. The maximum atomic E-state index is 13.1. The molecule has 3 aromatic rings. The summed E-state index contributed by atoms with van der Waals surface area (Å²) >= 11 is 1.40. The van der Waals surface area contributed by atoms with Crippen LogP contribution in [0.4, 0.5) is 13.2 Å². The Kier molecular flexibility index (Phi) is 6.62. The SMILES string of the molecule is CC(C)c1nc(-c2ccc(C(F)(F)F)cc2)sc1CCC(=O)c1cccc2c1CC(C(=O)O)C2. The van der Waals surface area contributed by atoms with Crippen molar-refractivity contribution in [2.24, 2.45) is 5.92 Å². The zero-order chi connectivity index (χ0) is 24.6. The summed E-state index contributed by atoms with van der Waals surface area (Å²) in [4.78, 5) is 30.1. The summed E-state index contributed by atoms with van der Waals surface area (Å²) in [6.07, 6.45) is -2.87. The number of carbonyl (C=O) groups is 2. The number of hydrogen-bond acceptors (Lipinski definition) is 4. The highest BCUT2D eigenvalue weighted by atomic mass is 32.1. The lowest BCUT2D eigenvalue weighted by atomic mass is 9.96. The number of fused-ring (bicyclic) bond motifs is 1. The van der Waals surface area contributed by atoms with Gasteiger partial charge in [0.15, 0.2) is 5.78 Å². The van der Waals surface area contributed by atoms with Gasteiger partial charge >= 0.3 is 12.1 Å². The molecular weight excluding hydrogens is 463 g/mol. The molecule has 178 valence electrons. The van der Waals surface area contributed by atoms with Crippen LogP contribution in [0.2, 0.25) is 0 Å². The number of carboxylic acid groups (broad SMARTS) is 1. The molecule has 4 rings (SSSR count). The van der Waals surface area contributed by atoms with Gasteiger partial charge in [0, 0.05) is 22.4 Å². The second-order valence-corrected chi connectivity index (χ2v) is 9.95. The van der Waals surface area contributed by atoms with Crippen LogP contribution in [0.25, 0.3) is 10.6 Å². The number of Topliss-reactive ketones (excluding diaryl/α,β-unsaturated/α-hetero) is 1. The molecule has 1 aromatic heterocycles. The molecule has 1 atom stereocenters. The van der Waals surface area contributed by atoms with Crippen molar-refractivity contribution in [1.29, 1.82) is 0 Å². The number of benzene rings is 2. The quantitative estimate of drug-likeness (QED) is 0.383. The largest absolute Gasteiger partial charge is 0.481 e. The van der Waals surface area contributed by atoms with Gasteiger partial charge in [0.05, 0.1) is 17.2 Å². The van der Waals surface area contributed by atoms with E-state index in [1.807, 2.05) is 19.9 Å². The van der Waals surface area contributed by atoms with E-state index in [0.29, 0.717) is 35.4 Å². The number of hydrogen-bond donors (Lipinski definition) is 1. The Labute approximate surface area is 199 Å². The Balaban J connectivity index is 1.53. The van der Waals surface area contributed by atoms with Crippen LogP contribution in [0.5, 0.6) is 0 Å². The monoisotopic (exact) mass is 487 g/mol. The van der Waals surface area contributed by atoms with Crippen LogP contribution in [-0.4, -0.2) is 21.8 Å². The van der Waals surface area contributed by atoms with Crippen molar-refractivity contribution in [3.63, 3.8) is 0 Å². The van der Waals surface area contributed by atoms with Gasteiger partial charge in [-0.2, -0.15) is 13.2 Å². The molecule has 34 heavy (non-hydrogen) atoms. The Morgan fingerprint density at radius 1 is 1.12 bits per heavy atom. The molecule has 0 amide bonds. The standard InChI is InChI=1S/C26H24F3NO3S/c1-14(2)23-22(34-24(30-23)15-6-8-18(9-7-15)26(27,28)29)11-10-21(31)19-5-3-4-16-12-17(25(32)33)13-20(16)19/h3-9,14,17H,10-13H2,1-2H3,(H,32,33). The Hall–Kier alpha value is -3.00. The van der Waals surface area contributed by atoms with Crippen LogP contribution in [-0.2, 0) is 30.2 Å². The molecule has 0 saturated carbocycles. The van der Waals surface area contributed by atoms with E-state index in [-0.39, 0.29) is 18.1 Å². The van der Waals surface area contributed by atoms with E-state index in [9.17, 15) is 27.9 Å². The van der Waals surface area contributed by atoms with E-state index in [1.54, 1.807) is 12.1 Å². The van der Waals surface area contributed by atoms with Crippen molar-refractivity contribution in [2.75, 3.05) is 0 Å². The minimum atomic E-state index is -4.39. The highest BCUT2D eigenvalue weighted by Gasteiger charge is 2.31. The number of ketones is 1. The fourth-order valence-corrected chi connectivity index (χ4v) is 5.59. The lowest BCUT2D eigenvalue weighted by molar-refractivity contribution is -0.141. The maximum Gasteiger partial charge on any atom is 0.416 e. The van der Waals surface area contributed by atoms with Gasteiger partial charge in [-0.25, -0.2) is 4.98 Å². The first-order chi connectivity index (χ1) is 16.0. The average molecular weight is 488 g/mol. The topological polar surface area (TPSA) is 67.3 Å². The fraction of sp³-hybridized carbons (Fsp3) is 0.346. The zero-order valence-corrected chi connectivity index (χ0v) is 19.6. The highest BCUT2D eigenvalue weighted by molar-refractivity contribution is 7.15. The summed E-state index contributed by atoms with van der Waals surface area (Å²) in [6.45, 7) is 3.99. The first kappa shape index (κ1) is 24.1. The second-order valence-electron chi connectivity index (χ2n) is 8.87. The maximum absolute atomic E-state index is 13.1. The molecule has 1 aliphatic carbocycles. The molecule has 0 fully saturated rings. The number of nitrogens with zero attached hydrogens (tertiary/aromatic N) is 1. The van der Waals surface area contributed by atoms with Crippen LogP contribution in [0, 0.1) is 5.92 Å². The predicted molar refractivity (Wildman–Crippen MR) is 124 cm³/mol. The van der Waals surface area contributed by atoms with Crippen LogP contribution in [0.3, 0.4) is 0 Å². The molecule has 0 saturated heterocycles. The minimum Gasteiger partial charge on any atom is -0.481 e. The minimum absolute atomic E-state index is 0.0397. The normalized spacial score (nSPS) is 15.5. The van der Waals surface area contributed by atoms with Gasteiger partial charge in [-0.3, -0.25) is 9.59 Å². The van der Waals surface area contributed by atoms with E-state index < -0.39 is 23.6 Å². The van der Waals surface area contributed by atoms with Gasteiger partial charge in [-0.05, 0) is 48.4 Å². The molecule has 1 unspecified atom stereocenters. The van der Waals surface area contributed by atoms with Crippen LogP contribution < -0.4 is 0 Å². The molecule has 0 radical (unpaired) electrons. The van der Waals surface area contributed by atoms with Gasteiger partial charge in [0.1, 0.15) is 5.01 Å². The summed E-state index contributed by atoms with van der Waals surface area (Å²) in [5, 5.41) is 9.98. The third-order valence-electron chi connectivity index (χ3n) is 6.15. The van der Waals surface area contributed by atoms with E-state index in [4.69, 9.17) is 0 Å². The van der Waals surface area contributed by atoms with Crippen molar-refractivity contribution < 1.29 is 27.9 Å². The first-order valence-electron chi connectivity index (χ1n) is 11.1. The summed E-state index contributed by atoms with van der Waals surface area (Å²) in [5.74, 6) is -1.29. The Morgan fingerprint density at radius 2 is 1.82 bits per heavy atom. The highest BCUT2D eigenvalue weighted by Crippen LogP contribution is 2.36. The number of rotatable bonds is 7. The number of alkyl halides is 3. The summed E-state index contributed by atoms with van der Waals surface area (Å²) in [5.41, 5.74) is 3.08. The van der Waals surface area contributed by atoms with Crippen LogP contribution in [0.15, 0.2) is 42.5 Å². The molecule has 2 aromatic carbocycles. The van der Waals surface area contributed by atoms with Crippen LogP contribution >= 0.6 is 11.3 Å². The number of carbonyl (C=O) groups excluding carboxylic acids is 1. The van der Waals surface area contributed by atoms with Crippen molar-refractivity contribution in [1.82, 2.24) is 4.98 Å². The van der Waals surface area contributed by atoms with E-state index in [1.165, 1.54) is 23.5 Å². The van der Waals surface area contributed by atoms with E-state index >= 15 is 0 Å². The molecule has 1 aliphatic rings. The lowest BCUT2D eigenvalue weighted by Gasteiger charge is -2.08. The van der Waals surface area contributed by atoms with Gasteiger partial charge in [-0.15, -0.1) is 11.3 Å². The Morgan fingerprint density at radius 3 is 2.44 bits per heavy atom. The van der Waals surface area contributed by atoms with Gasteiger partial charge in [-0.1, -0.05) is 44.2 Å². The number of thiazole rings is 1. The Bertz CT molecular complexity index is 1230. The van der Waals surface area contributed by atoms with Crippen LogP contribution in [0.1, 0.15) is 63.8 Å². The molecule has 0 aliphatic heterocycles. The first-order valence-corrected chi connectivity index (χ1v) is 11.9. The van der Waals surface area contributed by atoms with E-state index in [2.05, 4.69) is 4.98 Å². The third kappa shape index (κ3) is 4.92.